The molecule has 116 valence electrons. The molecule has 1 N–H and O–H groups in total. The second-order valence-electron chi connectivity index (χ2n) is 5.02. The lowest BCUT2D eigenvalue weighted by atomic mass is 10.2. The first kappa shape index (κ1) is 14.8. The van der Waals surface area contributed by atoms with Crippen LogP contribution >= 0.6 is 0 Å². The fourth-order valence-electron chi connectivity index (χ4n) is 2.00. The summed E-state index contributed by atoms with van der Waals surface area (Å²) in [5, 5.41) is 6.63. The average molecular weight is 309 g/mol. The van der Waals surface area contributed by atoms with Crippen molar-refractivity contribution in [2.75, 3.05) is 5.32 Å². The van der Waals surface area contributed by atoms with Crippen molar-refractivity contribution in [2.24, 2.45) is 0 Å². The van der Waals surface area contributed by atoms with Gasteiger partial charge in [0.15, 0.2) is 0 Å². The standard InChI is InChI=1S/C16H15N5O2/c1-11-6-8-18-13(9-11)19-14(22)4-5-15-20-16(21-23-15)12-3-2-7-17-10-12/h2-3,6-10H,4-5H2,1H3,(H,18,19,22). The summed E-state index contributed by atoms with van der Waals surface area (Å²) in [5.41, 5.74) is 1.81. The fraction of sp³-hybridized carbons (Fsp3) is 0.188. The largest absolute Gasteiger partial charge is 0.339 e. The van der Waals surface area contributed by atoms with Crippen molar-refractivity contribution < 1.29 is 9.32 Å². The molecule has 0 spiro atoms. The Kier molecular flexibility index (Phi) is 4.37. The lowest BCUT2D eigenvalue weighted by Gasteiger charge is -2.03. The number of hydrogen-bond donors (Lipinski definition) is 1. The van der Waals surface area contributed by atoms with Gasteiger partial charge >= 0.3 is 0 Å². The second-order valence-corrected chi connectivity index (χ2v) is 5.02. The number of amides is 1. The van der Waals surface area contributed by atoms with Crippen molar-refractivity contribution in [3.63, 3.8) is 0 Å². The highest BCUT2D eigenvalue weighted by atomic mass is 16.5. The molecule has 0 atom stereocenters. The summed E-state index contributed by atoms with van der Waals surface area (Å²) >= 11 is 0. The minimum atomic E-state index is -0.149. The van der Waals surface area contributed by atoms with Gasteiger partial charge < -0.3 is 9.84 Å². The third-order valence-electron chi connectivity index (χ3n) is 3.14. The fourth-order valence-corrected chi connectivity index (χ4v) is 2.00. The van der Waals surface area contributed by atoms with Crippen LogP contribution in [0.2, 0.25) is 0 Å². The molecular formula is C16H15N5O2. The number of nitrogens with zero attached hydrogens (tertiary/aromatic N) is 4. The van der Waals surface area contributed by atoms with Crippen molar-refractivity contribution in [3.05, 3.63) is 54.3 Å². The van der Waals surface area contributed by atoms with Crippen LogP contribution in [-0.2, 0) is 11.2 Å². The minimum absolute atomic E-state index is 0.149. The number of aryl methyl sites for hydroxylation is 2. The summed E-state index contributed by atoms with van der Waals surface area (Å²) in [4.78, 5) is 24.3. The number of nitrogens with one attached hydrogen (secondary N) is 1. The first-order chi connectivity index (χ1) is 11.2. The molecule has 3 aromatic heterocycles. The van der Waals surface area contributed by atoms with Gasteiger partial charge in [-0.15, -0.1) is 0 Å². The smallest absolute Gasteiger partial charge is 0.227 e. The molecule has 0 bridgehead atoms. The molecule has 3 heterocycles. The maximum absolute atomic E-state index is 11.9. The van der Waals surface area contributed by atoms with Gasteiger partial charge in [0.05, 0.1) is 0 Å². The summed E-state index contributed by atoms with van der Waals surface area (Å²) in [6, 6.07) is 7.32. The Hall–Kier alpha value is -3.09. The van der Waals surface area contributed by atoms with Crippen LogP contribution in [0.4, 0.5) is 5.82 Å². The summed E-state index contributed by atoms with van der Waals surface area (Å²) < 4.78 is 5.15. The van der Waals surface area contributed by atoms with Crippen molar-refractivity contribution in [2.45, 2.75) is 19.8 Å². The minimum Gasteiger partial charge on any atom is -0.339 e. The first-order valence-electron chi connectivity index (χ1n) is 7.16. The number of aromatic nitrogens is 4. The zero-order valence-electron chi connectivity index (χ0n) is 12.6. The molecule has 23 heavy (non-hydrogen) atoms. The molecule has 0 unspecified atom stereocenters. The van der Waals surface area contributed by atoms with Gasteiger partial charge in [0, 0.05) is 37.0 Å². The van der Waals surface area contributed by atoms with Crippen LogP contribution in [-0.4, -0.2) is 26.0 Å². The van der Waals surface area contributed by atoms with Crippen LogP contribution in [0.1, 0.15) is 17.9 Å². The van der Waals surface area contributed by atoms with E-state index in [2.05, 4.69) is 25.4 Å². The number of hydrogen-bond acceptors (Lipinski definition) is 6. The zero-order valence-corrected chi connectivity index (χ0v) is 12.6. The van der Waals surface area contributed by atoms with Crippen LogP contribution in [0.3, 0.4) is 0 Å². The van der Waals surface area contributed by atoms with E-state index in [0.717, 1.165) is 11.1 Å². The molecule has 0 aliphatic rings. The molecule has 3 aromatic rings. The molecule has 0 radical (unpaired) electrons. The number of rotatable bonds is 5. The summed E-state index contributed by atoms with van der Waals surface area (Å²) in [7, 11) is 0. The Labute approximate surface area is 132 Å². The molecule has 0 aromatic carbocycles. The Morgan fingerprint density at radius 3 is 3.00 bits per heavy atom. The summed E-state index contributed by atoms with van der Waals surface area (Å²) in [6.07, 6.45) is 5.59. The van der Waals surface area contributed by atoms with Gasteiger partial charge in [0.1, 0.15) is 5.82 Å². The quantitative estimate of drug-likeness (QED) is 0.778. The maximum atomic E-state index is 11.9. The summed E-state index contributed by atoms with van der Waals surface area (Å²) in [6.45, 7) is 1.94. The Morgan fingerprint density at radius 1 is 1.30 bits per heavy atom. The normalized spacial score (nSPS) is 10.5. The molecule has 0 aliphatic heterocycles. The molecular weight excluding hydrogens is 294 g/mol. The Bertz CT molecular complexity index is 801. The highest BCUT2D eigenvalue weighted by Gasteiger charge is 2.11. The van der Waals surface area contributed by atoms with Gasteiger partial charge in [-0.25, -0.2) is 4.98 Å². The van der Waals surface area contributed by atoms with Gasteiger partial charge in [-0.3, -0.25) is 9.78 Å². The van der Waals surface area contributed by atoms with E-state index in [1.54, 1.807) is 24.7 Å². The zero-order chi connectivity index (χ0) is 16.1. The molecule has 0 aliphatic carbocycles. The van der Waals surface area contributed by atoms with E-state index in [0.29, 0.717) is 24.0 Å². The van der Waals surface area contributed by atoms with Gasteiger partial charge in [-0.2, -0.15) is 4.98 Å². The van der Waals surface area contributed by atoms with E-state index in [4.69, 9.17) is 4.52 Å². The first-order valence-corrected chi connectivity index (χ1v) is 7.16. The predicted octanol–water partition coefficient (Wildman–Crippen LogP) is 2.41. The van der Waals surface area contributed by atoms with E-state index in [-0.39, 0.29) is 12.3 Å². The van der Waals surface area contributed by atoms with Crippen LogP contribution < -0.4 is 5.32 Å². The van der Waals surface area contributed by atoms with Crippen LogP contribution in [0, 0.1) is 6.92 Å². The maximum Gasteiger partial charge on any atom is 0.227 e. The van der Waals surface area contributed by atoms with Crippen molar-refractivity contribution in [3.8, 4) is 11.4 Å². The van der Waals surface area contributed by atoms with Gasteiger partial charge in [0.2, 0.25) is 17.6 Å². The molecule has 7 heteroatoms. The number of carbonyl (C=O) groups excluding carboxylic acids is 1. The van der Waals surface area contributed by atoms with Crippen molar-refractivity contribution in [1.29, 1.82) is 0 Å². The molecule has 0 fully saturated rings. The lowest BCUT2D eigenvalue weighted by molar-refractivity contribution is -0.116. The number of pyridine rings is 2. The molecule has 0 saturated heterocycles. The predicted molar refractivity (Wildman–Crippen MR) is 83.5 cm³/mol. The van der Waals surface area contributed by atoms with Crippen molar-refractivity contribution in [1.82, 2.24) is 20.1 Å². The monoisotopic (exact) mass is 309 g/mol. The molecule has 3 rings (SSSR count). The average Bonchev–Trinajstić information content (AvgIpc) is 3.03. The van der Waals surface area contributed by atoms with Crippen molar-refractivity contribution >= 4 is 11.7 Å². The lowest BCUT2D eigenvalue weighted by Crippen LogP contribution is -2.13. The highest BCUT2D eigenvalue weighted by molar-refractivity contribution is 5.89. The van der Waals surface area contributed by atoms with E-state index < -0.39 is 0 Å². The van der Waals surface area contributed by atoms with E-state index in [1.807, 2.05) is 25.1 Å². The van der Waals surface area contributed by atoms with Gasteiger partial charge in [0.25, 0.3) is 0 Å². The third-order valence-corrected chi connectivity index (χ3v) is 3.14. The number of anilines is 1. The van der Waals surface area contributed by atoms with Gasteiger partial charge in [-0.05, 0) is 36.8 Å². The van der Waals surface area contributed by atoms with Gasteiger partial charge in [-0.1, -0.05) is 5.16 Å². The molecule has 1 amide bonds. The summed E-state index contributed by atoms with van der Waals surface area (Å²) in [5.74, 6) is 1.27. The van der Waals surface area contributed by atoms with Crippen LogP contribution in [0.15, 0.2) is 47.4 Å². The van der Waals surface area contributed by atoms with E-state index in [9.17, 15) is 4.79 Å². The van der Waals surface area contributed by atoms with Crippen LogP contribution in [0.5, 0.6) is 0 Å². The Morgan fingerprint density at radius 2 is 2.22 bits per heavy atom. The topological polar surface area (TPSA) is 93.8 Å². The Balaban J connectivity index is 1.56. The second kappa shape index (κ2) is 6.78. The van der Waals surface area contributed by atoms with E-state index >= 15 is 0 Å². The molecule has 0 saturated carbocycles. The van der Waals surface area contributed by atoms with Crippen LogP contribution in [0.25, 0.3) is 11.4 Å². The third kappa shape index (κ3) is 3.97. The number of carbonyl (C=O) groups is 1. The highest BCUT2D eigenvalue weighted by Crippen LogP contribution is 2.14. The molecule has 7 nitrogen and oxygen atoms in total. The van der Waals surface area contributed by atoms with E-state index in [1.165, 1.54) is 0 Å². The SMILES string of the molecule is Cc1ccnc(NC(=O)CCc2nc(-c3cccnc3)no2)c1.